The Morgan fingerprint density at radius 1 is 0.243 bits per heavy atom. The molecule has 4 heteroatoms. The van der Waals surface area contributed by atoms with Crippen molar-refractivity contribution in [3.8, 4) is 34.2 Å². The van der Waals surface area contributed by atoms with Crippen LogP contribution in [0.15, 0.2) is 453 Å². The first-order valence-corrected chi connectivity index (χ1v) is 53.0. The van der Waals surface area contributed by atoms with Crippen LogP contribution in [0.1, 0.15) is 245 Å². The fraction of sp³-hybridized carbons (Fsp3) is 0.309. The lowest BCUT2D eigenvalue weighted by Crippen LogP contribution is -2.67. The largest absolute Gasteiger partial charge is 0.420 e. The molecule has 0 spiro atoms. The van der Waals surface area contributed by atoms with Crippen molar-refractivity contribution in [3.05, 3.63) is 526 Å². The number of terminal acetylenes is 1. The minimum Gasteiger partial charge on any atom is -0.420 e. The first-order chi connectivity index (χ1) is 68.4. The molecule has 2 heterocycles. The summed E-state index contributed by atoms with van der Waals surface area (Å²) < 4.78 is 6.67. The highest BCUT2D eigenvalue weighted by Gasteiger charge is 2.75. The smallest absolute Gasteiger partial charge is 0.247 e. The van der Waals surface area contributed by atoms with Gasteiger partial charge >= 0.3 is 0 Å². The summed E-state index contributed by atoms with van der Waals surface area (Å²) in [4.78, 5) is 3.00. The van der Waals surface area contributed by atoms with Gasteiger partial charge in [-0.2, -0.15) is 0 Å². The highest BCUT2D eigenvalue weighted by molar-refractivity contribution is 7.15. The molecule has 0 amide bonds. The maximum absolute atomic E-state index is 6.67. The maximum Gasteiger partial charge on any atom is 0.247 e. The molecule has 0 aliphatic heterocycles. The number of aromatic nitrogens is 2. The van der Waals surface area contributed by atoms with Gasteiger partial charge in [0.1, 0.15) is 0 Å². The Balaban J connectivity index is 0.0000000991. The SMILES string of the molecule is C#CCC12CC3(c4ccccc4)CC(c4ccccc4)(C1)CC(c1ccccc1)(C2)C3.C=C(C)C12CC3(c4ccccc4)CC(c4ccccc4)(C1)CC(c1ccccc1)(C2)C3.c1ccc(-c2ccc(C34CC5(c6ccccc6)CC(c6ccccc6)(CC(c6ccccc6)(C5)C3)C4)s2)cc1.c1ccc(-c2nnc(C34CC5(c6ccccc6)CC(c6ccccc6)(CC(c6ccccc6)(C5)C3)C4)o2)cc1. The van der Waals surface area contributed by atoms with Crippen molar-refractivity contribution in [2.45, 2.75) is 243 Å². The molecular formula is C136H128N2OS. The van der Waals surface area contributed by atoms with E-state index in [4.69, 9.17) is 15.9 Å². The van der Waals surface area contributed by atoms with Crippen LogP contribution in [0.25, 0.3) is 21.9 Å². The molecule has 3 nitrogen and oxygen atoms in total. The molecule has 2 aromatic heterocycles. The van der Waals surface area contributed by atoms with Crippen molar-refractivity contribution in [1.29, 1.82) is 0 Å². The Kier molecular flexibility index (Phi) is 21.4. The van der Waals surface area contributed by atoms with E-state index in [0.29, 0.717) is 5.89 Å². The average Bonchev–Trinajstić information content (AvgIpc) is 0.794. The maximum atomic E-state index is 6.67. The molecule has 0 atom stereocenters. The van der Waals surface area contributed by atoms with Gasteiger partial charge in [0.05, 0.1) is 5.41 Å². The average molecular weight is 1840 g/mol. The van der Waals surface area contributed by atoms with E-state index < -0.39 is 0 Å². The van der Waals surface area contributed by atoms with E-state index in [9.17, 15) is 0 Å². The van der Waals surface area contributed by atoms with Gasteiger partial charge in [-0.15, -0.1) is 33.9 Å². The summed E-state index contributed by atoms with van der Waals surface area (Å²) in [7, 11) is 0. The summed E-state index contributed by atoms with van der Waals surface area (Å²) in [5.41, 5.74) is 24.1. The summed E-state index contributed by atoms with van der Waals surface area (Å²) in [6.45, 7) is 6.93. The summed E-state index contributed by atoms with van der Waals surface area (Å²) in [5.74, 6) is 4.57. The quantitative estimate of drug-likeness (QED) is 0.0635. The first-order valence-electron chi connectivity index (χ1n) is 52.2. The van der Waals surface area contributed by atoms with E-state index in [-0.39, 0.29) is 86.6 Å². The Morgan fingerprint density at radius 3 is 0.671 bits per heavy atom. The molecule has 16 aliphatic carbocycles. The zero-order valence-electron chi connectivity index (χ0n) is 81.2. The van der Waals surface area contributed by atoms with Gasteiger partial charge < -0.3 is 4.42 Å². The van der Waals surface area contributed by atoms with E-state index in [0.717, 1.165) is 56.4 Å². The third-order valence-electron chi connectivity index (χ3n) is 38.5. The third-order valence-corrected chi connectivity index (χ3v) is 39.8. The molecule has 16 aromatic rings. The van der Waals surface area contributed by atoms with Gasteiger partial charge in [0.25, 0.3) is 0 Å². The van der Waals surface area contributed by atoms with Crippen LogP contribution in [0.5, 0.6) is 0 Å². The second-order valence-corrected chi connectivity index (χ2v) is 48.4. The molecule has 0 unspecified atom stereocenters. The van der Waals surface area contributed by atoms with Crippen molar-refractivity contribution in [2.24, 2.45) is 10.8 Å². The van der Waals surface area contributed by atoms with Crippen molar-refractivity contribution < 1.29 is 4.42 Å². The Morgan fingerprint density at radius 2 is 0.443 bits per heavy atom. The molecule has 16 aliphatic rings. The first kappa shape index (κ1) is 88.6. The van der Waals surface area contributed by atoms with Gasteiger partial charge in [0.15, 0.2) is 0 Å². The fourth-order valence-corrected chi connectivity index (χ4v) is 37.0. The molecular weight excluding hydrogens is 1710 g/mol. The van der Waals surface area contributed by atoms with Gasteiger partial charge in [0, 0.05) is 27.2 Å². The lowest BCUT2D eigenvalue weighted by atomic mass is 9.32. The van der Waals surface area contributed by atoms with Crippen LogP contribution >= 0.6 is 11.3 Å². The van der Waals surface area contributed by atoms with Crippen molar-refractivity contribution >= 4 is 11.3 Å². The molecule has 16 saturated carbocycles. The van der Waals surface area contributed by atoms with Crippen LogP contribution < -0.4 is 0 Å². The number of hydrogen-bond donors (Lipinski definition) is 0. The summed E-state index contributed by atoms with van der Waals surface area (Å²) in [6, 6.07) is 163. The van der Waals surface area contributed by atoms with Crippen LogP contribution in [0, 0.1) is 23.2 Å². The zero-order chi connectivity index (χ0) is 94.1. The van der Waals surface area contributed by atoms with E-state index in [1.54, 1.807) is 38.3 Å². The monoisotopic (exact) mass is 1840 g/mol. The van der Waals surface area contributed by atoms with Crippen LogP contribution in [-0.2, 0) is 75.8 Å². The van der Waals surface area contributed by atoms with E-state index >= 15 is 0 Å². The van der Waals surface area contributed by atoms with Gasteiger partial charge in [0.2, 0.25) is 11.8 Å². The molecule has 16 fully saturated rings. The number of allylic oxidation sites excluding steroid dienone is 1. The van der Waals surface area contributed by atoms with Gasteiger partial charge in [-0.1, -0.05) is 425 Å². The molecule has 0 saturated heterocycles. The van der Waals surface area contributed by atoms with Crippen LogP contribution in [0.3, 0.4) is 0 Å². The second-order valence-electron chi connectivity index (χ2n) is 47.3. The normalized spacial score (nSPS) is 33.0. The number of nitrogens with zero attached hydrogens (tertiary/aromatic N) is 2. The molecule has 16 bridgehead atoms. The molecule has 694 valence electrons. The van der Waals surface area contributed by atoms with Crippen molar-refractivity contribution in [3.63, 3.8) is 0 Å². The van der Waals surface area contributed by atoms with Gasteiger partial charge in [-0.05, 0) is 333 Å². The fourth-order valence-electron chi connectivity index (χ4n) is 35.8. The predicted octanol–water partition coefficient (Wildman–Crippen LogP) is 33.0. The Hall–Kier alpha value is -12.8. The number of rotatable bonds is 18. The van der Waals surface area contributed by atoms with E-state index in [1.165, 1.54) is 165 Å². The summed E-state index contributed by atoms with van der Waals surface area (Å²) >= 11 is 2.06. The second kappa shape index (κ2) is 33.7. The summed E-state index contributed by atoms with van der Waals surface area (Å²) in [6.07, 6.45) is 36.0. The minimum atomic E-state index is -0.198. The molecule has 32 rings (SSSR count). The Labute approximate surface area is 834 Å². The van der Waals surface area contributed by atoms with Crippen LogP contribution in [0.2, 0.25) is 0 Å². The summed E-state index contributed by atoms with van der Waals surface area (Å²) in [5, 5.41) is 9.45. The van der Waals surface area contributed by atoms with Gasteiger partial charge in [-0.25, -0.2) is 0 Å². The van der Waals surface area contributed by atoms with E-state index in [1.807, 2.05) is 18.2 Å². The predicted molar refractivity (Wildman–Crippen MR) is 574 cm³/mol. The standard InChI is InChI=1S/C38H34S.C36H32N2O.C31H32.C31H30/c1-5-13-29(14-6-1)33-21-22-34(39-33)38-26-35(30-15-7-2-8-16-30)23-36(27-38,31-17-9-3-10-18-31)25-37(24-35,28-38)32-19-11-4-12-20-32;1-5-13-27(14-6-1)31-37-38-32(39-31)36-24-33(28-15-7-2-8-16-28)21-34(25-36,29-17-9-3-10-18-29)23-35(22-33,26-36)30-19-11-4-12-20-30;1-24(2)28-18-29(25-12-6-3-7-13-25)21-30(19-28,26-14-8-4-9-15-26)23-31(20-28,22-29)27-16-10-5-11-17-27;1-2-18-28-19-29(25-12-6-3-7-13-25)22-30(20-28,26-14-8-4-9-15-26)24-31(21-28,23-29)27-16-10-5-11-17-27/h1-22H,23-28H2;1-20H,21-26H2;3-17H,1,18-23H2,2H3;1,3-17H,18-24H2. The zero-order valence-corrected chi connectivity index (χ0v) is 82.1. The highest BCUT2D eigenvalue weighted by atomic mass is 32.1. The number of thiophene rings is 1. The molecule has 140 heavy (non-hydrogen) atoms. The van der Waals surface area contributed by atoms with Crippen molar-refractivity contribution in [2.75, 3.05) is 0 Å². The van der Waals surface area contributed by atoms with Crippen LogP contribution in [-0.4, -0.2) is 10.2 Å². The molecule has 0 radical (unpaired) electrons. The topological polar surface area (TPSA) is 38.9 Å². The number of benzene rings is 14. The van der Waals surface area contributed by atoms with Crippen LogP contribution in [0.4, 0.5) is 0 Å². The highest BCUT2D eigenvalue weighted by Crippen LogP contribution is 2.81. The number of hydrogen-bond acceptors (Lipinski definition) is 4. The van der Waals surface area contributed by atoms with E-state index in [2.05, 4.69) is 454 Å². The lowest BCUT2D eigenvalue weighted by molar-refractivity contribution is -0.105. The molecule has 0 N–H and O–H groups in total. The Bertz CT molecular complexity index is 6350. The van der Waals surface area contributed by atoms with Crippen molar-refractivity contribution in [1.82, 2.24) is 10.2 Å². The third kappa shape index (κ3) is 14.6. The minimum absolute atomic E-state index is 0.0308. The molecule has 14 aromatic carbocycles. The van der Waals surface area contributed by atoms with Gasteiger partial charge in [-0.3, -0.25) is 0 Å². The lowest BCUT2D eigenvalue weighted by Gasteiger charge is -2.71.